The Bertz CT molecular complexity index is 811. The van der Waals surface area contributed by atoms with Crippen LogP contribution in [0.1, 0.15) is 5.56 Å². The average Bonchev–Trinajstić information content (AvgIpc) is 3.05. The van der Waals surface area contributed by atoms with Crippen LogP contribution < -0.4 is 15.0 Å². The van der Waals surface area contributed by atoms with Gasteiger partial charge in [-0.15, -0.1) is 0 Å². The lowest BCUT2D eigenvalue weighted by Crippen LogP contribution is -2.54. The normalized spacial score (nSPS) is 16.7. The van der Waals surface area contributed by atoms with Crippen LogP contribution in [0.4, 0.5) is 10.5 Å². The minimum absolute atomic E-state index is 0.103. The zero-order valence-electron chi connectivity index (χ0n) is 12.1. The number of carbonyl (C=O) groups excluding carboxylic acids is 3. The first-order chi connectivity index (χ1) is 11.1. The fourth-order valence-electron chi connectivity index (χ4n) is 2.21. The highest BCUT2D eigenvalue weighted by Gasteiger charge is 2.37. The summed E-state index contributed by atoms with van der Waals surface area (Å²) in [7, 11) is 1.44. The Kier molecular flexibility index (Phi) is 3.94. The summed E-state index contributed by atoms with van der Waals surface area (Å²) in [5.74, 6) is -1.04. The predicted molar refractivity (Wildman–Crippen MR) is 86.3 cm³/mol. The first kappa shape index (κ1) is 15.0. The summed E-state index contributed by atoms with van der Waals surface area (Å²) in [4.78, 5) is 37.7. The molecule has 7 heteroatoms. The van der Waals surface area contributed by atoms with Crippen LogP contribution in [-0.4, -0.2) is 25.0 Å². The fourth-order valence-corrected chi connectivity index (χ4v) is 2.83. The van der Waals surface area contributed by atoms with Crippen LogP contribution >= 0.6 is 11.3 Å². The third-order valence-corrected chi connectivity index (χ3v) is 3.98. The number of para-hydroxylation sites is 2. The summed E-state index contributed by atoms with van der Waals surface area (Å²) in [5, 5.41) is 5.82. The largest absolute Gasteiger partial charge is 0.495 e. The molecule has 0 radical (unpaired) electrons. The standard InChI is InChI=1S/C16H12N2O4S/c1-22-13-5-3-2-4-12(13)18-15(20)11(14(19)17-16(18)21)8-10-6-7-23-9-10/h2-9H,1H3,(H,17,19,21)/b11-8-. The number of anilines is 1. The summed E-state index contributed by atoms with van der Waals surface area (Å²) in [6.07, 6.45) is 1.46. The van der Waals surface area contributed by atoms with Gasteiger partial charge in [0, 0.05) is 0 Å². The number of imide groups is 2. The predicted octanol–water partition coefficient (Wildman–Crippen LogP) is 2.42. The molecule has 2 heterocycles. The molecule has 1 aliphatic rings. The number of barbiturate groups is 1. The topological polar surface area (TPSA) is 75.7 Å². The van der Waals surface area contributed by atoms with Crippen molar-refractivity contribution in [3.63, 3.8) is 0 Å². The van der Waals surface area contributed by atoms with Gasteiger partial charge in [-0.3, -0.25) is 14.9 Å². The molecule has 0 saturated carbocycles. The van der Waals surface area contributed by atoms with Crippen LogP contribution in [0.5, 0.6) is 5.75 Å². The Morgan fingerprint density at radius 2 is 1.96 bits per heavy atom. The van der Waals surface area contributed by atoms with Crippen LogP contribution in [-0.2, 0) is 9.59 Å². The molecule has 0 unspecified atom stereocenters. The van der Waals surface area contributed by atoms with E-state index in [1.165, 1.54) is 24.5 Å². The number of methoxy groups -OCH3 is 1. The molecule has 1 saturated heterocycles. The summed E-state index contributed by atoms with van der Waals surface area (Å²) in [6.45, 7) is 0. The second-order valence-electron chi connectivity index (χ2n) is 4.69. The summed E-state index contributed by atoms with van der Waals surface area (Å²) in [6, 6.07) is 7.59. The number of urea groups is 1. The van der Waals surface area contributed by atoms with E-state index >= 15 is 0 Å². The summed E-state index contributed by atoms with van der Waals surface area (Å²) >= 11 is 1.45. The lowest BCUT2D eigenvalue weighted by atomic mass is 10.1. The maximum Gasteiger partial charge on any atom is 0.336 e. The van der Waals surface area contributed by atoms with Crippen molar-refractivity contribution >= 4 is 40.9 Å². The molecule has 116 valence electrons. The monoisotopic (exact) mass is 328 g/mol. The lowest BCUT2D eigenvalue weighted by molar-refractivity contribution is -0.122. The van der Waals surface area contributed by atoms with Gasteiger partial charge in [-0.2, -0.15) is 11.3 Å². The van der Waals surface area contributed by atoms with E-state index in [0.717, 1.165) is 10.5 Å². The molecule has 3 rings (SSSR count). The number of hydrogen-bond acceptors (Lipinski definition) is 5. The number of hydrogen-bond donors (Lipinski definition) is 1. The Hall–Kier alpha value is -2.93. The number of ether oxygens (including phenoxy) is 1. The molecule has 6 nitrogen and oxygen atoms in total. The van der Waals surface area contributed by atoms with Crippen molar-refractivity contribution in [1.82, 2.24) is 5.32 Å². The molecular weight excluding hydrogens is 316 g/mol. The van der Waals surface area contributed by atoms with E-state index in [1.807, 2.05) is 5.38 Å². The van der Waals surface area contributed by atoms with Gasteiger partial charge in [-0.25, -0.2) is 9.69 Å². The third kappa shape index (κ3) is 2.74. The molecular formula is C16H12N2O4S. The van der Waals surface area contributed by atoms with E-state index in [4.69, 9.17) is 4.74 Å². The number of nitrogens with zero attached hydrogens (tertiary/aromatic N) is 1. The average molecular weight is 328 g/mol. The van der Waals surface area contributed by atoms with Crippen molar-refractivity contribution in [2.24, 2.45) is 0 Å². The minimum atomic E-state index is -0.799. The van der Waals surface area contributed by atoms with Crippen LogP contribution in [0.25, 0.3) is 6.08 Å². The Morgan fingerprint density at radius 3 is 2.65 bits per heavy atom. The SMILES string of the molecule is COc1ccccc1N1C(=O)NC(=O)/C(=C/c2ccsc2)C1=O. The van der Waals surface area contributed by atoms with E-state index in [0.29, 0.717) is 5.75 Å². The highest BCUT2D eigenvalue weighted by atomic mass is 32.1. The molecule has 1 fully saturated rings. The van der Waals surface area contributed by atoms with E-state index < -0.39 is 17.8 Å². The van der Waals surface area contributed by atoms with Gasteiger partial charge >= 0.3 is 6.03 Å². The highest BCUT2D eigenvalue weighted by molar-refractivity contribution is 7.08. The number of carbonyl (C=O) groups is 3. The number of benzene rings is 1. The van der Waals surface area contributed by atoms with Gasteiger partial charge in [0.1, 0.15) is 11.3 Å². The fraction of sp³-hybridized carbons (Fsp3) is 0.0625. The first-order valence-corrected chi connectivity index (χ1v) is 7.63. The van der Waals surface area contributed by atoms with Crippen LogP contribution in [0, 0.1) is 0 Å². The van der Waals surface area contributed by atoms with Crippen LogP contribution in [0.3, 0.4) is 0 Å². The number of thiophene rings is 1. The number of amides is 4. The van der Waals surface area contributed by atoms with Crippen molar-refractivity contribution in [2.75, 3.05) is 12.0 Å². The number of nitrogens with one attached hydrogen (secondary N) is 1. The smallest absolute Gasteiger partial charge is 0.336 e. The van der Waals surface area contributed by atoms with Crippen molar-refractivity contribution in [2.45, 2.75) is 0 Å². The van der Waals surface area contributed by atoms with E-state index in [9.17, 15) is 14.4 Å². The second kappa shape index (κ2) is 6.05. The van der Waals surface area contributed by atoms with Crippen LogP contribution in [0.15, 0.2) is 46.7 Å². The van der Waals surface area contributed by atoms with Gasteiger partial charge in [-0.05, 0) is 40.6 Å². The van der Waals surface area contributed by atoms with Gasteiger partial charge in [-0.1, -0.05) is 12.1 Å². The van der Waals surface area contributed by atoms with E-state index in [-0.39, 0.29) is 11.3 Å². The van der Waals surface area contributed by atoms with Crippen LogP contribution in [0.2, 0.25) is 0 Å². The first-order valence-electron chi connectivity index (χ1n) is 6.68. The van der Waals surface area contributed by atoms with Gasteiger partial charge in [0.25, 0.3) is 11.8 Å². The molecule has 4 amide bonds. The second-order valence-corrected chi connectivity index (χ2v) is 5.47. The Morgan fingerprint density at radius 1 is 1.17 bits per heavy atom. The molecule has 2 aromatic rings. The molecule has 1 aromatic heterocycles. The highest BCUT2D eigenvalue weighted by Crippen LogP contribution is 2.30. The Labute approximate surface area is 136 Å². The molecule has 1 N–H and O–H groups in total. The molecule has 0 atom stereocenters. The summed E-state index contributed by atoms with van der Waals surface area (Å²) in [5.41, 5.74) is 0.901. The maximum absolute atomic E-state index is 12.7. The molecule has 1 aromatic carbocycles. The minimum Gasteiger partial charge on any atom is -0.495 e. The van der Waals surface area contributed by atoms with Crippen molar-refractivity contribution in [3.8, 4) is 5.75 Å². The maximum atomic E-state index is 12.7. The Balaban J connectivity index is 2.05. The zero-order chi connectivity index (χ0) is 16.4. The molecule has 0 bridgehead atoms. The third-order valence-electron chi connectivity index (χ3n) is 3.28. The molecule has 1 aliphatic heterocycles. The zero-order valence-corrected chi connectivity index (χ0v) is 12.9. The van der Waals surface area contributed by atoms with Gasteiger partial charge < -0.3 is 4.74 Å². The molecule has 0 spiro atoms. The van der Waals surface area contributed by atoms with Crippen molar-refractivity contribution < 1.29 is 19.1 Å². The summed E-state index contributed by atoms with van der Waals surface area (Å²) < 4.78 is 5.19. The lowest BCUT2D eigenvalue weighted by Gasteiger charge is -2.27. The number of rotatable bonds is 3. The van der Waals surface area contributed by atoms with Gasteiger partial charge in [0.15, 0.2) is 0 Å². The molecule has 23 heavy (non-hydrogen) atoms. The van der Waals surface area contributed by atoms with Gasteiger partial charge in [0.2, 0.25) is 0 Å². The van der Waals surface area contributed by atoms with Gasteiger partial charge in [0.05, 0.1) is 12.8 Å². The molecule has 0 aliphatic carbocycles. The quantitative estimate of drug-likeness (QED) is 0.693. The van der Waals surface area contributed by atoms with Crippen molar-refractivity contribution in [3.05, 3.63) is 52.2 Å². The van der Waals surface area contributed by atoms with E-state index in [2.05, 4.69) is 5.32 Å². The van der Waals surface area contributed by atoms with E-state index in [1.54, 1.807) is 35.7 Å². The van der Waals surface area contributed by atoms with Crippen molar-refractivity contribution in [1.29, 1.82) is 0 Å².